The van der Waals surface area contributed by atoms with E-state index in [4.69, 9.17) is 9.57 Å². The highest BCUT2D eigenvalue weighted by Gasteiger charge is 2.60. The number of carbonyl (C=O) groups excluding carboxylic acids is 2. The molecule has 0 unspecified atom stereocenters. The highest BCUT2D eigenvalue weighted by atomic mass is 16.7. The second kappa shape index (κ2) is 8.13. The van der Waals surface area contributed by atoms with Gasteiger partial charge < -0.3 is 4.74 Å². The van der Waals surface area contributed by atoms with Gasteiger partial charge >= 0.3 is 0 Å². The molecule has 0 saturated carbocycles. The fraction of sp³-hybridized carbons (Fsp3) is 0.231. The molecule has 6 nitrogen and oxygen atoms in total. The van der Waals surface area contributed by atoms with Crippen LogP contribution in [0.5, 0.6) is 5.75 Å². The summed E-state index contributed by atoms with van der Waals surface area (Å²) in [6, 6.07) is 24.2. The summed E-state index contributed by atoms with van der Waals surface area (Å²) in [5, 5.41) is 1.69. The third-order valence-electron chi connectivity index (χ3n) is 6.16. The Morgan fingerprint density at radius 1 is 0.875 bits per heavy atom. The summed E-state index contributed by atoms with van der Waals surface area (Å²) in [6.45, 7) is 2.07. The zero-order valence-electron chi connectivity index (χ0n) is 18.0. The highest BCUT2D eigenvalue weighted by molar-refractivity contribution is 6.23. The van der Waals surface area contributed by atoms with E-state index < -0.39 is 18.1 Å². The lowest BCUT2D eigenvalue weighted by Gasteiger charge is -2.29. The molecule has 2 amide bonds. The lowest BCUT2D eigenvalue weighted by molar-refractivity contribution is -0.126. The minimum absolute atomic E-state index is 0.254. The summed E-state index contributed by atoms with van der Waals surface area (Å²) in [5.41, 5.74) is 3.36. The molecule has 3 aromatic carbocycles. The van der Waals surface area contributed by atoms with E-state index in [0.29, 0.717) is 11.4 Å². The Kier molecular flexibility index (Phi) is 5.15. The number of hydrogen-bond acceptors (Lipinski definition) is 5. The molecule has 2 heterocycles. The van der Waals surface area contributed by atoms with Crippen molar-refractivity contribution in [3.05, 3.63) is 90.0 Å². The maximum Gasteiger partial charge on any atom is 0.266 e. The number of aryl methyl sites for hydroxylation is 1. The first kappa shape index (κ1) is 20.3. The zero-order valence-corrected chi connectivity index (χ0v) is 18.0. The van der Waals surface area contributed by atoms with Crippen LogP contribution >= 0.6 is 0 Å². The van der Waals surface area contributed by atoms with Crippen molar-refractivity contribution < 1.29 is 19.2 Å². The molecule has 162 valence electrons. The van der Waals surface area contributed by atoms with Gasteiger partial charge in [-0.05, 0) is 53.9 Å². The van der Waals surface area contributed by atoms with Crippen molar-refractivity contribution in [3.8, 4) is 5.75 Å². The Morgan fingerprint density at radius 2 is 1.62 bits per heavy atom. The topological polar surface area (TPSA) is 59.1 Å². The molecule has 2 saturated heterocycles. The molecule has 0 bridgehead atoms. The molecule has 0 spiro atoms. The zero-order chi connectivity index (χ0) is 22.2. The summed E-state index contributed by atoms with van der Waals surface area (Å²) in [5.74, 6) is -0.575. The molecule has 3 aromatic rings. The Hall–Kier alpha value is -3.64. The van der Waals surface area contributed by atoms with Crippen LogP contribution < -0.4 is 14.7 Å². The van der Waals surface area contributed by atoms with Gasteiger partial charge in [0.25, 0.3) is 5.91 Å². The smallest absolute Gasteiger partial charge is 0.266 e. The Bertz CT molecular complexity index is 1150. The van der Waals surface area contributed by atoms with Crippen molar-refractivity contribution >= 4 is 23.2 Å². The van der Waals surface area contributed by atoms with Crippen LogP contribution in [0, 0.1) is 5.92 Å². The van der Waals surface area contributed by atoms with Gasteiger partial charge in [0.1, 0.15) is 11.7 Å². The highest BCUT2D eigenvalue weighted by Crippen LogP contribution is 2.47. The van der Waals surface area contributed by atoms with Gasteiger partial charge in [0.15, 0.2) is 6.10 Å². The van der Waals surface area contributed by atoms with Crippen LogP contribution in [0.4, 0.5) is 11.4 Å². The summed E-state index contributed by atoms with van der Waals surface area (Å²) >= 11 is 0. The third-order valence-corrected chi connectivity index (χ3v) is 6.16. The van der Waals surface area contributed by atoms with E-state index in [0.717, 1.165) is 23.2 Å². The SMILES string of the molecule is CCc1ccc(N2C(=O)[C@H]3[C@@H](c4cccc(OC)c4)N(c4ccccc4)O[C@H]3C2=O)cc1. The number of hydroxylamine groups is 1. The number of methoxy groups -OCH3 is 1. The average molecular weight is 428 g/mol. The summed E-state index contributed by atoms with van der Waals surface area (Å²) in [6.07, 6.45) is 0.00489. The minimum Gasteiger partial charge on any atom is -0.497 e. The number of benzene rings is 3. The van der Waals surface area contributed by atoms with Gasteiger partial charge in [-0.2, -0.15) is 0 Å². The third kappa shape index (κ3) is 3.24. The number of anilines is 2. The number of fused-ring (bicyclic) bond motifs is 1. The van der Waals surface area contributed by atoms with Crippen molar-refractivity contribution in [2.24, 2.45) is 5.92 Å². The van der Waals surface area contributed by atoms with Crippen LogP contribution in [0.2, 0.25) is 0 Å². The quantitative estimate of drug-likeness (QED) is 0.567. The normalized spacial score (nSPS) is 22.4. The average Bonchev–Trinajstić information content (AvgIpc) is 3.36. The van der Waals surface area contributed by atoms with Crippen LogP contribution in [-0.2, 0) is 20.8 Å². The van der Waals surface area contributed by atoms with Crippen LogP contribution in [0.1, 0.15) is 24.1 Å². The number of para-hydroxylation sites is 1. The molecule has 6 heteroatoms. The number of carbonyl (C=O) groups is 2. The van der Waals surface area contributed by atoms with Gasteiger partial charge in [0.2, 0.25) is 5.91 Å². The lowest BCUT2D eigenvalue weighted by Crippen LogP contribution is -2.37. The van der Waals surface area contributed by atoms with E-state index >= 15 is 0 Å². The lowest BCUT2D eigenvalue weighted by atomic mass is 9.90. The first-order valence-electron chi connectivity index (χ1n) is 10.7. The molecule has 3 atom stereocenters. The Morgan fingerprint density at radius 3 is 2.31 bits per heavy atom. The van der Waals surface area contributed by atoms with Gasteiger partial charge in [0, 0.05) is 0 Å². The van der Waals surface area contributed by atoms with Gasteiger partial charge in [0.05, 0.1) is 24.5 Å². The maximum absolute atomic E-state index is 13.6. The Labute approximate surface area is 186 Å². The Balaban J connectivity index is 1.57. The van der Waals surface area contributed by atoms with Crippen molar-refractivity contribution in [2.45, 2.75) is 25.5 Å². The summed E-state index contributed by atoms with van der Waals surface area (Å²) < 4.78 is 5.41. The number of rotatable bonds is 5. The monoisotopic (exact) mass is 428 g/mol. The van der Waals surface area contributed by atoms with E-state index in [9.17, 15) is 9.59 Å². The first-order chi connectivity index (χ1) is 15.6. The van der Waals surface area contributed by atoms with E-state index in [1.807, 2.05) is 78.9 Å². The maximum atomic E-state index is 13.6. The second-order valence-electron chi connectivity index (χ2n) is 7.97. The molecule has 2 aliphatic heterocycles. The number of amides is 2. The van der Waals surface area contributed by atoms with Gasteiger partial charge in [-0.25, -0.2) is 9.96 Å². The van der Waals surface area contributed by atoms with Crippen molar-refractivity contribution in [1.29, 1.82) is 0 Å². The van der Waals surface area contributed by atoms with Gasteiger partial charge in [-0.15, -0.1) is 0 Å². The van der Waals surface area contributed by atoms with E-state index in [2.05, 4.69) is 6.92 Å². The predicted octanol–water partition coefficient (Wildman–Crippen LogP) is 4.31. The van der Waals surface area contributed by atoms with Crippen LogP contribution in [0.25, 0.3) is 0 Å². The molecule has 5 rings (SSSR count). The molecule has 0 N–H and O–H groups in total. The van der Waals surface area contributed by atoms with Crippen LogP contribution in [0.3, 0.4) is 0 Å². The summed E-state index contributed by atoms with van der Waals surface area (Å²) in [4.78, 5) is 34.4. The standard InChI is InChI=1S/C26H24N2O4/c1-3-17-12-14-19(15-13-17)27-25(29)22-23(18-8-7-11-21(16-18)31-2)28(32-24(22)26(27)30)20-9-5-4-6-10-20/h4-16,22-24H,3H2,1-2H3/t22-,23+,24+/m0/s1. The van der Waals surface area contributed by atoms with E-state index in [1.165, 1.54) is 4.90 Å². The summed E-state index contributed by atoms with van der Waals surface area (Å²) in [7, 11) is 1.61. The van der Waals surface area contributed by atoms with Crippen molar-refractivity contribution in [3.63, 3.8) is 0 Å². The largest absolute Gasteiger partial charge is 0.497 e. The van der Waals surface area contributed by atoms with Crippen LogP contribution in [-0.4, -0.2) is 25.0 Å². The van der Waals surface area contributed by atoms with Gasteiger partial charge in [-0.1, -0.05) is 49.4 Å². The number of hydrogen-bond donors (Lipinski definition) is 0. The molecule has 2 aliphatic rings. The predicted molar refractivity (Wildman–Crippen MR) is 121 cm³/mol. The molecule has 2 fully saturated rings. The second-order valence-corrected chi connectivity index (χ2v) is 7.97. The first-order valence-corrected chi connectivity index (χ1v) is 10.7. The number of nitrogens with zero attached hydrogens (tertiary/aromatic N) is 2. The fourth-order valence-electron chi connectivity index (χ4n) is 4.51. The van der Waals surface area contributed by atoms with Crippen molar-refractivity contribution in [2.75, 3.05) is 17.1 Å². The van der Waals surface area contributed by atoms with E-state index in [-0.39, 0.29) is 11.8 Å². The van der Waals surface area contributed by atoms with Gasteiger partial charge in [-0.3, -0.25) is 14.4 Å². The molecule has 0 aliphatic carbocycles. The number of ether oxygens (including phenoxy) is 1. The van der Waals surface area contributed by atoms with Crippen LogP contribution in [0.15, 0.2) is 78.9 Å². The molecular formula is C26H24N2O4. The number of imide groups is 1. The molecule has 32 heavy (non-hydrogen) atoms. The molecule has 0 aromatic heterocycles. The molecule has 0 radical (unpaired) electrons. The van der Waals surface area contributed by atoms with E-state index in [1.54, 1.807) is 12.2 Å². The molecular weight excluding hydrogens is 404 g/mol. The van der Waals surface area contributed by atoms with Crippen molar-refractivity contribution in [1.82, 2.24) is 0 Å². The fourth-order valence-corrected chi connectivity index (χ4v) is 4.51. The minimum atomic E-state index is -0.884.